The third-order valence-electron chi connectivity index (χ3n) is 8.91. The van der Waals surface area contributed by atoms with Gasteiger partial charge in [-0.1, -0.05) is 147 Å². The van der Waals surface area contributed by atoms with E-state index in [1.807, 2.05) is 12.4 Å². The second-order valence-electron chi connectivity index (χ2n) is 11.6. The molecule has 0 aliphatic carbocycles. The van der Waals surface area contributed by atoms with Crippen LogP contribution in [0.25, 0.3) is 43.8 Å². The highest BCUT2D eigenvalue weighted by Crippen LogP contribution is 2.58. The molecular weight excluding hydrogens is 508 g/mol. The third kappa shape index (κ3) is 3.62. The fourth-order valence-corrected chi connectivity index (χ4v) is 6.83. The highest BCUT2D eigenvalue weighted by Gasteiger charge is 2.40. The van der Waals surface area contributed by atoms with E-state index in [9.17, 15) is 0 Å². The van der Waals surface area contributed by atoms with Crippen LogP contribution in [-0.2, 0) is 5.41 Å². The number of anilines is 3. The van der Waals surface area contributed by atoms with E-state index in [-0.39, 0.29) is 5.41 Å². The van der Waals surface area contributed by atoms with E-state index >= 15 is 0 Å². The standard InChI is InChI=1S/C40H30N2/c1-40(2)35-23-21-29-17-9-11-19-31(29)38(35)42(39-32-20-12-10-18-30(32)22-24-36(39)40)37-33(27-13-5-3-6-14-27)25-41-26-34(37)28-15-7-4-8-16-28/h3-26H,1-2H3. The normalized spacial score (nSPS) is 13.6. The van der Waals surface area contributed by atoms with Crippen LogP contribution in [0.1, 0.15) is 25.0 Å². The molecule has 2 nitrogen and oxygen atoms in total. The first-order chi connectivity index (χ1) is 20.6. The van der Waals surface area contributed by atoms with Crippen LogP contribution in [0.2, 0.25) is 0 Å². The van der Waals surface area contributed by atoms with Gasteiger partial charge in [0.2, 0.25) is 0 Å². The molecule has 42 heavy (non-hydrogen) atoms. The lowest BCUT2D eigenvalue weighted by atomic mass is 9.71. The first-order valence-corrected chi connectivity index (χ1v) is 14.6. The zero-order valence-electron chi connectivity index (χ0n) is 23.8. The molecule has 0 radical (unpaired) electrons. The molecule has 2 heteroatoms. The Labute approximate surface area is 246 Å². The molecule has 1 aliphatic rings. The number of fused-ring (bicyclic) bond motifs is 6. The number of hydrogen-bond acceptors (Lipinski definition) is 2. The number of rotatable bonds is 3. The highest BCUT2D eigenvalue weighted by molar-refractivity contribution is 6.12. The molecule has 7 aromatic rings. The van der Waals surface area contributed by atoms with Crippen LogP contribution in [0.5, 0.6) is 0 Å². The molecule has 0 amide bonds. The molecule has 0 bridgehead atoms. The molecule has 0 fully saturated rings. The van der Waals surface area contributed by atoms with Crippen molar-refractivity contribution >= 4 is 38.6 Å². The van der Waals surface area contributed by atoms with Gasteiger partial charge in [0.05, 0.1) is 17.1 Å². The minimum absolute atomic E-state index is 0.206. The van der Waals surface area contributed by atoms with Crippen LogP contribution in [0.15, 0.2) is 146 Å². The van der Waals surface area contributed by atoms with Gasteiger partial charge in [0, 0.05) is 39.7 Å². The van der Waals surface area contributed by atoms with Crippen molar-refractivity contribution in [2.45, 2.75) is 19.3 Å². The summed E-state index contributed by atoms with van der Waals surface area (Å²) in [5, 5.41) is 4.96. The summed E-state index contributed by atoms with van der Waals surface area (Å²) in [4.78, 5) is 7.39. The van der Waals surface area contributed by atoms with Crippen molar-refractivity contribution in [1.29, 1.82) is 0 Å². The fourth-order valence-electron chi connectivity index (χ4n) is 6.83. The van der Waals surface area contributed by atoms with Crippen molar-refractivity contribution < 1.29 is 0 Å². The molecule has 8 rings (SSSR count). The van der Waals surface area contributed by atoms with Crippen LogP contribution in [0, 0.1) is 0 Å². The predicted octanol–water partition coefficient (Wildman–Crippen LogP) is 10.8. The molecule has 0 atom stereocenters. The average Bonchev–Trinajstić information content (AvgIpc) is 3.05. The van der Waals surface area contributed by atoms with Crippen LogP contribution in [0.3, 0.4) is 0 Å². The van der Waals surface area contributed by atoms with E-state index in [0.717, 1.165) is 27.9 Å². The summed E-state index contributed by atoms with van der Waals surface area (Å²) in [6.45, 7) is 4.74. The predicted molar refractivity (Wildman–Crippen MR) is 177 cm³/mol. The number of hydrogen-bond donors (Lipinski definition) is 0. The molecule has 1 aliphatic heterocycles. The van der Waals surface area contributed by atoms with Crippen molar-refractivity contribution in [2.24, 2.45) is 0 Å². The summed E-state index contributed by atoms with van der Waals surface area (Å²) in [5.41, 5.74) is 10.6. The Bertz CT molecular complexity index is 1960. The van der Waals surface area contributed by atoms with Gasteiger partial charge < -0.3 is 4.90 Å². The summed E-state index contributed by atoms with van der Waals surface area (Å²) >= 11 is 0. The maximum Gasteiger partial charge on any atom is 0.0650 e. The molecule has 0 spiro atoms. The van der Waals surface area contributed by atoms with Crippen molar-refractivity contribution in [3.8, 4) is 22.3 Å². The van der Waals surface area contributed by atoms with Crippen molar-refractivity contribution in [2.75, 3.05) is 4.90 Å². The van der Waals surface area contributed by atoms with Gasteiger partial charge in [-0.05, 0) is 33.0 Å². The quantitative estimate of drug-likeness (QED) is 0.222. The third-order valence-corrected chi connectivity index (χ3v) is 8.91. The summed E-state index contributed by atoms with van der Waals surface area (Å²) in [7, 11) is 0. The minimum atomic E-state index is -0.206. The van der Waals surface area contributed by atoms with Crippen LogP contribution in [0.4, 0.5) is 17.1 Å². The largest absolute Gasteiger partial charge is 0.307 e. The number of pyridine rings is 1. The Balaban J connectivity index is 1.60. The smallest absolute Gasteiger partial charge is 0.0650 e. The summed E-state index contributed by atoms with van der Waals surface area (Å²) in [5.74, 6) is 0. The first kappa shape index (κ1) is 24.6. The lowest BCUT2D eigenvalue weighted by Gasteiger charge is -2.44. The van der Waals surface area contributed by atoms with E-state index in [1.165, 1.54) is 44.0 Å². The van der Waals surface area contributed by atoms with Gasteiger partial charge in [0.1, 0.15) is 0 Å². The molecule has 0 saturated carbocycles. The van der Waals surface area contributed by atoms with Gasteiger partial charge >= 0.3 is 0 Å². The van der Waals surface area contributed by atoms with E-state index in [0.29, 0.717) is 0 Å². The van der Waals surface area contributed by atoms with Gasteiger partial charge in [0.15, 0.2) is 0 Å². The Hall–Kier alpha value is -5.21. The molecular formula is C40H30N2. The number of benzene rings is 6. The van der Waals surface area contributed by atoms with Crippen molar-refractivity contribution in [1.82, 2.24) is 4.98 Å². The Morgan fingerprint density at radius 1 is 0.452 bits per heavy atom. The van der Waals surface area contributed by atoms with E-state index in [2.05, 4.69) is 152 Å². The Morgan fingerprint density at radius 2 is 0.881 bits per heavy atom. The lowest BCUT2D eigenvalue weighted by Crippen LogP contribution is -2.31. The average molecular weight is 539 g/mol. The fraction of sp³-hybridized carbons (Fsp3) is 0.0750. The van der Waals surface area contributed by atoms with Crippen molar-refractivity contribution in [3.05, 3.63) is 157 Å². The van der Waals surface area contributed by atoms with Gasteiger partial charge in [-0.3, -0.25) is 4.98 Å². The SMILES string of the molecule is CC1(C)c2ccc3ccccc3c2N(c2c(-c3ccccc3)cncc2-c2ccccc2)c2c1ccc1ccccc21. The second-order valence-corrected chi connectivity index (χ2v) is 11.6. The van der Waals surface area contributed by atoms with E-state index < -0.39 is 0 Å². The number of aromatic nitrogens is 1. The Morgan fingerprint density at radius 3 is 1.36 bits per heavy atom. The number of nitrogens with zero attached hydrogens (tertiary/aromatic N) is 2. The monoisotopic (exact) mass is 538 g/mol. The minimum Gasteiger partial charge on any atom is -0.307 e. The van der Waals surface area contributed by atoms with E-state index in [1.54, 1.807) is 0 Å². The summed E-state index contributed by atoms with van der Waals surface area (Å²) < 4.78 is 0. The second kappa shape index (κ2) is 9.43. The molecule has 0 N–H and O–H groups in total. The molecule has 0 unspecified atom stereocenters. The highest BCUT2D eigenvalue weighted by atomic mass is 15.2. The van der Waals surface area contributed by atoms with Crippen LogP contribution < -0.4 is 4.90 Å². The zero-order chi connectivity index (χ0) is 28.3. The van der Waals surface area contributed by atoms with Crippen molar-refractivity contribution in [3.63, 3.8) is 0 Å². The summed E-state index contributed by atoms with van der Waals surface area (Å²) in [6.07, 6.45) is 4.07. The Kier molecular flexibility index (Phi) is 5.52. The molecule has 0 saturated heterocycles. The van der Waals surface area contributed by atoms with Crippen LogP contribution in [-0.4, -0.2) is 4.98 Å². The van der Waals surface area contributed by atoms with Gasteiger partial charge in [-0.15, -0.1) is 0 Å². The zero-order valence-corrected chi connectivity index (χ0v) is 23.8. The molecule has 6 aromatic carbocycles. The van der Waals surface area contributed by atoms with Gasteiger partial charge in [-0.2, -0.15) is 0 Å². The lowest BCUT2D eigenvalue weighted by molar-refractivity contribution is 0.634. The molecule has 200 valence electrons. The molecule has 1 aromatic heterocycles. The first-order valence-electron chi connectivity index (χ1n) is 14.6. The van der Waals surface area contributed by atoms with Gasteiger partial charge in [-0.25, -0.2) is 0 Å². The maximum atomic E-state index is 4.83. The van der Waals surface area contributed by atoms with Gasteiger partial charge in [0.25, 0.3) is 0 Å². The van der Waals surface area contributed by atoms with E-state index in [4.69, 9.17) is 4.98 Å². The maximum absolute atomic E-state index is 4.83. The van der Waals surface area contributed by atoms with Crippen LogP contribution >= 0.6 is 0 Å². The summed E-state index contributed by atoms with van der Waals surface area (Å²) in [6, 6.07) is 48.2. The topological polar surface area (TPSA) is 16.1 Å². The molecule has 2 heterocycles.